The zero-order valence-electron chi connectivity index (χ0n) is 9.64. The van der Waals surface area contributed by atoms with Gasteiger partial charge in [-0.3, -0.25) is 0 Å². The summed E-state index contributed by atoms with van der Waals surface area (Å²) >= 11 is 15.8. The highest BCUT2D eigenvalue weighted by Gasteiger charge is 2.15. The molecule has 0 spiro atoms. The summed E-state index contributed by atoms with van der Waals surface area (Å²) in [6.07, 6.45) is 0.370. The predicted molar refractivity (Wildman–Crippen MR) is 77.8 cm³/mol. The molecule has 2 aromatic carbocycles. The molecule has 0 aliphatic rings. The van der Waals surface area contributed by atoms with E-state index < -0.39 is 17.0 Å². The summed E-state index contributed by atoms with van der Waals surface area (Å²) in [6, 6.07) is 9.21. The molecule has 19 heavy (non-hydrogen) atoms. The predicted octanol–water partition coefficient (Wildman–Crippen LogP) is 5.90. The zero-order valence-corrected chi connectivity index (χ0v) is 12.7. The van der Waals surface area contributed by atoms with Gasteiger partial charge in [0.05, 0.1) is 10.4 Å². The monoisotopic (exact) mass is 364 g/mol. The Labute approximate surface area is 128 Å². The topological polar surface area (TPSA) is 0 Å². The first-order valence-electron chi connectivity index (χ1n) is 5.51. The largest absolute Gasteiger partial charge is 0.204 e. The lowest BCUT2D eigenvalue weighted by molar-refractivity contribution is 0.507. The first kappa shape index (κ1) is 14.8. The van der Waals surface area contributed by atoms with Gasteiger partial charge < -0.3 is 0 Å². The second-order valence-corrected chi connectivity index (χ2v) is 5.82. The highest BCUT2D eigenvalue weighted by molar-refractivity contribution is 9.10. The molecule has 0 nitrogen and oxygen atoms in total. The highest BCUT2D eigenvalue weighted by Crippen LogP contribution is 2.35. The standard InChI is InChI=1S/C14H9BrCl2F2/c15-10-3-1-2-9(14(10)17)11(16)6-8-4-5-12(18)13(19)7-8/h1-5,7,11H,6H2. The van der Waals surface area contributed by atoms with Gasteiger partial charge in [0.15, 0.2) is 11.6 Å². The van der Waals surface area contributed by atoms with Crippen LogP contribution in [0.2, 0.25) is 5.02 Å². The van der Waals surface area contributed by atoms with Gasteiger partial charge in [-0.15, -0.1) is 11.6 Å². The lowest BCUT2D eigenvalue weighted by atomic mass is 10.0. The molecule has 1 unspecified atom stereocenters. The van der Waals surface area contributed by atoms with Crippen molar-refractivity contribution in [2.75, 3.05) is 0 Å². The van der Waals surface area contributed by atoms with Crippen molar-refractivity contribution in [2.24, 2.45) is 0 Å². The number of alkyl halides is 1. The van der Waals surface area contributed by atoms with Crippen molar-refractivity contribution in [3.05, 3.63) is 68.7 Å². The molecule has 0 bridgehead atoms. The fourth-order valence-corrected chi connectivity index (χ4v) is 2.80. The van der Waals surface area contributed by atoms with Gasteiger partial charge in [0.2, 0.25) is 0 Å². The molecule has 0 fully saturated rings. The number of rotatable bonds is 3. The van der Waals surface area contributed by atoms with E-state index in [0.29, 0.717) is 17.0 Å². The van der Waals surface area contributed by atoms with Crippen LogP contribution in [-0.2, 0) is 6.42 Å². The maximum absolute atomic E-state index is 13.1. The van der Waals surface area contributed by atoms with Crippen LogP contribution in [0.5, 0.6) is 0 Å². The van der Waals surface area contributed by atoms with Crippen LogP contribution in [0, 0.1) is 11.6 Å². The van der Waals surface area contributed by atoms with Crippen LogP contribution in [0.1, 0.15) is 16.5 Å². The average Bonchev–Trinajstić information content (AvgIpc) is 2.37. The van der Waals surface area contributed by atoms with Crippen LogP contribution >= 0.6 is 39.1 Å². The van der Waals surface area contributed by atoms with Crippen molar-refractivity contribution in [1.82, 2.24) is 0 Å². The molecule has 100 valence electrons. The van der Waals surface area contributed by atoms with E-state index in [1.54, 1.807) is 0 Å². The zero-order chi connectivity index (χ0) is 14.0. The van der Waals surface area contributed by atoms with E-state index in [9.17, 15) is 8.78 Å². The van der Waals surface area contributed by atoms with E-state index in [-0.39, 0.29) is 0 Å². The van der Waals surface area contributed by atoms with Crippen molar-refractivity contribution in [3.63, 3.8) is 0 Å². The normalized spacial score (nSPS) is 12.5. The van der Waals surface area contributed by atoms with Crippen molar-refractivity contribution in [2.45, 2.75) is 11.8 Å². The molecule has 5 heteroatoms. The van der Waals surface area contributed by atoms with Crippen molar-refractivity contribution in [1.29, 1.82) is 0 Å². The van der Waals surface area contributed by atoms with Gasteiger partial charge in [0, 0.05) is 4.47 Å². The number of hydrogen-bond donors (Lipinski definition) is 0. The SMILES string of the molecule is Fc1ccc(CC(Cl)c2cccc(Br)c2Cl)cc1F. The molecular formula is C14H9BrCl2F2. The summed E-state index contributed by atoms with van der Waals surface area (Å²) in [4.78, 5) is 0. The summed E-state index contributed by atoms with van der Waals surface area (Å²) in [7, 11) is 0. The van der Waals surface area contributed by atoms with Crippen LogP contribution in [-0.4, -0.2) is 0 Å². The maximum atomic E-state index is 13.1. The van der Waals surface area contributed by atoms with Gasteiger partial charge in [-0.1, -0.05) is 29.8 Å². The fraction of sp³-hybridized carbons (Fsp3) is 0.143. The molecular weight excluding hydrogens is 357 g/mol. The third-order valence-corrected chi connectivity index (χ3v) is 4.42. The Morgan fingerprint density at radius 3 is 2.53 bits per heavy atom. The molecule has 0 saturated heterocycles. The quantitative estimate of drug-likeness (QED) is 0.593. The van der Waals surface area contributed by atoms with E-state index in [0.717, 1.165) is 22.2 Å². The molecule has 2 aromatic rings. The lowest BCUT2D eigenvalue weighted by Crippen LogP contribution is -1.98. The highest BCUT2D eigenvalue weighted by atomic mass is 79.9. The fourth-order valence-electron chi connectivity index (χ4n) is 1.75. The van der Waals surface area contributed by atoms with Crippen LogP contribution in [0.25, 0.3) is 0 Å². The van der Waals surface area contributed by atoms with Crippen molar-refractivity contribution < 1.29 is 8.78 Å². The summed E-state index contributed by atoms with van der Waals surface area (Å²) in [5.41, 5.74) is 1.37. The second kappa shape index (κ2) is 6.21. The minimum Gasteiger partial charge on any atom is -0.204 e. The van der Waals surface area contributed by atoms with Crippen LogP contribution < -0.4 is 0 Å². The molecule has 1 atom stereocenters. The molecule has 2 rings (SSSR count). The first-order chi connectivity index (χ1) is 8.99. The summed E-state index contributed by atoms with van der Waals surface area (Å²) in [6.45, 7) is 0. The van der Waals surface area contributed by atoms with E-state index in [2.05, 4.69) is 15.9 Å². The third-order valence-electron chi connectivity index (χ3n) is 2.72. The Kier molecular flexibility index (Phi) is 4.82. The van der Waals surface area contributed by atoms with Crippen LogP contribution in [0.3, 0.4) is 0 Å². The van der Waals surface area contributed by atoms with Crippen LogP contribution in [0.15, 0.2) is 40.9 Å². The smallest absolute Gasteiger partial charge is 0.159 e. The van der Waals surface area contributed by atoms with Gasteiger partial charge in [0.1, 0.15) is 0 Å². The van der Waals surface area contributed by atoms with Crippen LogP contribution in [0.4, 0.5) is 8.78 Å². The molecule has 0 N–H and O–H groups in total. The average molecular weight is 366 g/mol. The lowest BCUT2D eigenvalue weighted by Gasteiger charge is -2.13. The Morgan fingerprint density at radius 2 is 1.84 bits per heavy atom. The number of benzene rings is 2. The minimum atomic E-state index is -0.873. The van der Waals surface area contributed by atoms with Crippen molar-refractivity contribution >= 4 is 39.1 Å². The van der Waals surface area contributed by atoms with E-state index in [4.69, 9.17) is 23.2 Å². The number of halogens is 5. The molecule has 0 aliphatic carbocycles. The summed E-state index contributed by atoms with van der Waals surface area (Å²) < 4.78 is 26.7. The van der Waals surface area contributed by atoms with E-state index in [1.165, 1.54) is 6.07 Å². The first-order valence-corrected chi connectivity index (χ1v) is 7.11. The van der Waals surface area contributed by atoms with Gasteiger partial charge in [0.25, 0.3) is 0 Å². The van der Waals surface area contributed by atoms with E-state index >= 15 is 0 Å². The summed E-state index contributed by atoms with van der Waals surface area (Å²) in [5.74, 6) is -1.74. The molecule has 0 amide bonds. The van der Waals surface area contributed by atoms with Gasteiger partial charge >= 0.3 is 0 Å². The van der Waals surface area contributed by atoms with Gasteiger partial charge in [-0.25, -0.2) is 8.78 Å². The molecule has 0 aliphatic heterocycles. The molecule has 0 radical (unpaired) electrons. The van der Waals surface area contributed by atoms with E-state index in [1.807, 2.05) is 18.2 Å². The Morgan fingerprint density at radius 1 is 1.11 bits per heavy atom. The maximum Gasteiger partial charge on any atom is 0.159 e. The number of hydrogen-bond acceptors (Lipinski definition) is 0. The minimum absolute atomic E-state index is 0.370. The van der Waals surface area contributed by atoms with Crippen molar-refractivity contribution in [3.8, 4) is 0 Å². The molecule has 0 aromatic heterocycles. The Bertz CT molecular complexity index is 602. The Hall–Kier alpha value is -0.640. The molecule has 0 heterocycles. The Balaban J connectivity index is 2.23. The summed E-state index contributed by atoms with van der Waals surface area (Å²) in [5, 5.41) is 0.125. The second-order valence-electron chi connectivity index (χ2n) is 4.06. The third kappa shape index (κ3) is 3.47. The molecule has 0 saturated carbocycles. The van der Waals surface area contributed by atoms with Gasteiger partial charge in [-0.2, -0.15) is 0 Å². The van der Waals surface area contributed by atoms with Gasteiger partial charge in [-0.05, 0) is 51.7 Å².